The fraction of sp³-hybridized carbons (Fsp3) is 0.889. The van der Waals surface area contributed by atoms with Gasteiger partial charge in [-0.1, -0.05) is 0 Å². The molecule has 0 bridgehead atoms. The summed E-state index contributed by atoms with van der Waals surface area (Å²) in [5.74, 6) is -0.209. The van der Waals surface area contributed by atoms with Crippen molar-refractivity contribution in [3.05, 3.63) is 0 Å². The van der Waals surface area contributed by atoms with Gasteiger partial charge in [0.15, 0.2) is 0 Å². The number of nitrogens with one attached hydrogen (secondary N) is 2. The third-order valence-corrected chi connectivity index (χ3v) is 1.84. The second-order valence-corrected chi connectivity index (χ2v) is 2.98. The highest BCUT2D eigenvalue weighted by Crippen LogP contribution is 2.01. The normalized spacial score (nSPS) is 12.5. The molecule has 84 valence electrons. The van der Waals surface area contributed by atoms with E-state index in [2.05, 4.69) is 10.9 Å². The highest BCUT2D eigenvalue weighted by Gasteiger charge is 2.17. The molecule has 0 saturated carbocycles. The van der Waals surface area contributed by atoms with Crippen molar-refractivity contribution < 1.29 is 9.53 Å². The van der Waals surface area contributed by atoms with Gasteiger partial charge < -0.3 is 10.5 Å². The summed E-state index contributed by atoms with van der Waals surface area (Å²) in [6.45, 7) is 2.88. The summed E-state index contributed by atoms with van der Waals surface area (Å²) in [6, 6.07) is -0.272. The molecule has 0 fully saturated rings. The number of rotatable bonds is 8. The van der Waals surface area contributed by atoms with Crippen LogP contribution in [0.4, 0.5) is 0 Å². The largest absolute Gasteiger partial charge is 0.465 e. The lowest BCUT2D eigenvalue weighted by Crippen LogP contribution is -2.44. The molecule has 4 N–H and O–H groups in total. The summed E-state index contributed by atoms with van der Waals surface area (Å²) >= 11 is 0. The molecular weight excluding hydrogens is 182 g/mol. The SMILES string of the molecule is CCOC(=O)[C@H](CCCCN)NNC. The van der Waals surface area contributed by atoms with Gasteiger partial charge in [-0.2, -0.15) is 0 Å². The first-order valence-corrected chi connectivity index (χ1v) is 5.05. The first-order valence-electron chi connectivity index (χ1n) is 5.05. The van der Waals surface area contributed by atoms with E-state index in [0.29, 0.717) is 13.2 Å². The van der Waals surface area contributed by atoms with Crippen LogP contribution in [0.25, 0.3) is 0 Å². The number of carbonyl (C=O) groups is 1. The van der Waals surface area contributed by atoms with Crippen LogP contribution in [0.3, 0.4) is 0 Å². The van der Waals surface area contributed by atoms with Crippen molar-refractivity contribution in [3.63, 3.8) is 0 Å². The van der Waals surface area contributed by atoms with E-state index >= 15 is 0 Å². The van der Waals surface area contributed by atoms with Gasteiger partial charge in [-0.15, -0.1) is 0 Å². The Morgan fingerprint density at radius 1 is 1.50 bits per heavy atom. The first kappa shape index (κ1) is 13.4. The molecule has 0 aromatic heterocycles. The van der Waals surface area contributed by atoms with Crippen molar-refractivity contribution in [1.82, 2.24) is 10.9 Å². The molecule has 0 aromatic carbocycles. The first-order chi connectivity index (χ1) is 6.76. The van der Waals surface area contributed by atoms with E-state index in [-0.39, 0.29) is 12.0 Å². The van der Waals surface area contributed by atoms with Gasteiger partial charge in [0, 0.05) is 0 Å². The number of unbranched alkanes of at least 4 members (excludes halogenated alkanes) is 1. The quantitative estimate of drug-likeness (QED) is 0.289. The van der Waals surface area contributed by atoms with E-state index in [1.165, 1.54) is 0 Å². The van der Waals surface area contributed by atoms with Crippen molar-refractivity contribution >= 4 is 5.97 Å². The van der Waals surface area contributed by atoms with E-state index in [1.807, 2.05) is 0 Å². The second-order valence-electron chi connectivity index (χ2n) is 2.98. The fourth-order valence-electron chi connectivity index (χ4n) is 1.16. The van der Waals surface area contributed by atoms with Crippen LogP contribution < -0.4 is 16.6 Å². The van der Waals surface area contributed by atoms with E-state index in [0.717, 1.165) is 19.3 Å². The van der Waals surface area contributed by atoms with Crippen LogP contribution in [-0.4, -0.2) is 32.2 Å². The van der Waals surface area contributed by atoms with Crippen molar-refractivity contribution in [2.45, 2.75) is 32.2 Å². The maximum Gasteiger partial charge on any atom is 0.324 e. The average Bonchev–Trinajstić information content (AvgIpc) is 2.17. The Bertz CT molecular complexity index is 153. The Labute approximate surface area is 85.3 Å². The number of esters is 1. The van der Waals surface area contributed by atoms with Crippen molar-refractivity contribution in [2.24, 2.45) is 5.73 Å². The minimum Gasteiger partial charge on any atom is -0.465 e. The molecule has 14 heavy (non-hydrogen) atoms. The predicted octanol–water partition coefficient (Wildman–Crippen LogP) is -0.229. The molecular formula is C9H21N3O2. The van der Waals surface area contributed by atoms with E-state index in [9.17, 15) is 4.79 Å². The van der Waals surface area contributed by atoms with Gasteiger partial charge in [-0.25, -0.2) is 5.43 Å². The molecule has 5 heteroatoms. The number of hydrogen-bond acceptors (Lipinski definition) is 5. The van der Waals surface area contributed by atoms with Gasteiger partial charge in [-0.3, -0.25) is 10.2 Å². The minimum atomic E-state index is -0.272. The molecule has 5 nitrogen and oxygen atoms in total. The molecule has 0 unspecified atom stereocenters. The number of ether oxygens (including phenoxy) is 1. The van der Waals surface area contributed by atoms with E-state index < -0.39 is 0 Å². The number of hydrazine groups is 1. The molecule has 0 saturated heterocycles. The number of hydrogen-bond donors (Lipinski definition) is 3. The summed E-state index contributed by atoms with van der Waals surface area (Å²) < 4.78 is 4.91. The Morgan fingerprint density at radius 3 is 2.71 bits per heavy atom. The molecule has 0 aromatic rings. The Hall–Kier alpha value is -0.650. The fourth-order valence-corrected chi connectivity index (χ4v) is 1.16. The van der Waals surface area contributed by atoms with Crippen LogP contribution in [0.2, 0.25) is 0 Å². The maximum atomic E-state index is 11.4. The molecule has 0 aliphatic heterocycles. The van der Waals surface area contributed by atoms with Crippen molar-refractivity contribution in [3.8, 4) is 0 Å². The minimum absolute atomic E-state index is 0.209. The standard InChI is InChI=1S/C9H21N3O2/c1-3-14-9(13)8(12-11-2)6-4-5-7-10/h8,11-12H,3-7,10H2,1-2H3/t8-/m0/s1. The lowest BCUT2D eigenvalue weighted by atomic mass is 10.1. The van der Waals surface area contributed by atoms with Crippen LogP contribution in [0, 0.1) is 0 Å². The van der Waals surface area contributed by atoms with E-state index in [4.69, 9.17) is 10.5 Å². The number of carbonyl (C=O) groups excluding carboxylic acids is 1. The van der Waals surface area contributed by atoms with Crippen molar-refractivity contribution in [1.29, 1.82) is 0 Å². The molecule has 0 spiro atoms. The zero-order chi connectivity index (χ0) is 10.8. The van der Waals surface area contributed by atoms with Crippen LogP contribution in [0.15, 0.2) is 0 Å². The topological polar surface area (TPSA) is 76.4 Å². The molecule has 0 rings (SSSR count). The highest BCUT2D eigenvalue weighted by atomic mass is 16.5. The molecule has 0 aliphatic carbocycles. The summed E-state index contributed by atoms with van der Waals surface area (Å²) in [7, 11) is 1.73. The molecule has 0 amide bonds. The lowest BCUT2D eigenvalue weighted by Gasteiger charge is -2.15. The Kier molecular flexibility index (Phi) is 8.51. The molecule has 0 heterocycles. The number of nitrogens with two attached hydrogens (primary N) is 1. The van der Waals surface area contributed by atoms with Crippen LogP contribution >= 0.6 is 0 Å². The van der Waals surface area contributed by atoms with Gasteiger partial charge in [0.25, 0.3) is 0 Å². The van der Waals surface area contributed by atoms with Gasteiger partial charge in [0.1, 0.15) is 6.04 Å². The lowest BCUT2D eigenvalue weighted by molar-refractivity contribution is -0.146. The van der Waals surface area contributed by atoms with Gasteiger partial charge >= 0.3 is 5.97 Å². The predicted molar refractivity (Wildman–Crippen MR) is 55.5 cm³/mol. The summed E-state index contributed by atoms with van der Waals surface area (Å²) in [5.41, 5.74) is 11.0. The van der Waals surface area contributed by atoms with Gasteiger partial charge in [0.2, 0.25) is 0 Å². The average molecular weight is 203 g/mol. The highest BCUT2D eigenvalue weighted by molar-refractivity contribution is 5.75. The van der Waals surface area contributed by atoms with Crippen LogP contribution in [0.1, 0.15) is 26.2 Å². The summed E-state index contributed by atoms with van der Waals surface area (Å²) in [5, 5.41) is 0. The molecule has 1 atom stereocenters. The zero-order valence-electron chi connectivity index (χ0n) is 9.01. The second kappa shape index (κ2) is 8.93. The Balaban J connectivity index is 3.81. The van der Waals surface area contributed by atoms with Crippen LogP contribution in [0.5, 0.6) is 0 Å². The summed E-state index contributed by atoms with van der Waals surface area (Å²) in [6.07, 6.45) is 2.60. The third-order valence-electron chi connectivity index (χ3n) is 1.84. The van der Waals surface area contributed by atoms with Gasteiger partial charge in [0.05, 0.1) is 6.61 Å². The Morgan fingerprint density at radius 2 is 2.21 bits per heavy atom. The smallest absolute Gasteiger partial charge is 0.324 e. The maximum absolute atomic E-state index is 11.4. The third kappa shape index (κ3) is 5.90. The van der Waals surface area contributed by atoms with Crippen LogP contribution in [-0.2, 0) is 9.53 Å². The molecule has 0 aliphatic rings. The van der Waals surface area contributed by atoms with Crippen molar-refractivity contribution in [2.75, 3.05) is 20.2 Å². The van der Waals surface area contributed by atoms with E-state index in [1.54, 1.807) is 14.0 Å². The van der Waals surface area contributed by atoms with Gasteiger partial charge in [-0.05, 0) is 39.8 Å². The summed E-state index contributed by atoms with van der Waals surface area (Å²) in [4.78, 5) is 11.4. The molecule has 0 radical (unpaired) electrons. The monoisotopic (exact) mass is 203 g/mol. The zero-order valence-corrected chi connectivity index (χ0v) is 9.01.